The van der Waals surface area contributed by atoms with E-state index in [1.165, 1.54) is 6.20 Å². The maximum Gasteiger partial charge on any atom is 0.258 e. The van der Waals surface area contributed by atoms with Gasteiger partial charge in [0, 0.05) is 17.2 Å². The Kier molecular flexibility index (Phi) is 2.79. The predicted octanol–water partition coefficient (Wildman–Crippen LogP) is 2.49. The van der Waals surface area contributed by atoms with E-state index in [0.29, 0.717) is 0 Å². The van der Waals surface area contributed by atoms with Crippen LogP contribution in [0.25, 0.3) is 0 Å². The Hall–Kier alpha value is -1.72. The van der Waals surface area contributed by atoms with Crippen molar-refractivity contribution in [3.63, 3.8) is 0 Å². The summed E-state index contributed by atoms with van der Waals surface area (Å²) >= 11 is 3.34. The van der Waals surface area contributed by atoms with Gasteiger partial charge in [-0.2, -0.15) is 0 Å². The molecule has 0 radical (unpaired) electrons. The van der Waals surface area contributed by atoms with E-state index in [4.69, 9.17) is 1.37 Å². The van der Waals surface area contributed by atoms with Crippen LogP contribution >= 0.6 is 15.9 Å². The number of aromatic nitrogens is 1. The fourth-order valence-electron chi connectivity index (χ4n) is 2.04. The highest BCUT2D eigenvalue weighted by Crippen LogP contribution is 2.31. The molecular weight excluding hydrogens is 308 g/mol. The van der Waals surface area contributed by atoms with E-state index in [1.807, 2.05) is 24.3 Å². The van der Waals surface area contributed by atoms with Crippen molar-refractivity contribution in [1.29, 1.82) is 0 Å². The van der Waals surface area contributed by atoms with Crippen LogP contribution in [0.4, 0.5) is 0 Å². The van der Waals surface area contributed by atoms with Gasteiger partial charge in [-0.1, -0.05) is 28.1 Å². The molecule has 1 atom stereocenters. The molecular formula is C14H11BrN2O2. The van der Waals surface area contributed by atoms with Crippen LogP contribution in [0.1, 0.15) is 29.2 Å². The maximum atomic E-state index is 12.3. The number of halogens is 1. The summed E-state index contributed by atoms with van der Waals surface area (Å²) in [6, 6.07) is 10.6. The molecule has 0 saturated heterocycles. The number of rotatable bonds is 2. The lowest BCUT2D eigenvalue weighted by atomic mass is 10.2. The normalized spacial score (nSPS) is 22.3. The minimum Gasteiger partial charge on any atom is -0.368 e. The smallest absolute Gasteiger partial charge is 0.258 e. The number of pyridine rings is 1. The van der Waals surface area contributed by atoms with Crippen LogP contribution in [0.2, 0.25) is 0 Å². The van der Waals surface area contributed by atoms with Crippen molar-refractivity contribution in [2.75, 3.05) is 0 Å². The second kappa shape index (κ2) is 4.75. The van der Waals surface area contributed by atoms with E-state index in [2.05, 4.69) is 20.9 Å². The zero-order valence-corrected chi connectivity index (χ0v) is 11.5. The lowest BCUT2D eigenvalue weighted by Gasteiger charge is -2.20. The first-order valence-corrected chi connectivity index (χ1v) is 6.54. The van der Waals surface area contributed by atoms with E-state index >= 15 is 0 Å². The molecule has 0 bridgehead atoms. The van der Waals surface area contributed by atoms with Crippen molar-refractivity contribution in [3.8, 4) is 0 Å². The van der Waals surface area contributed by atoms with Gasteiger partial charge in [0.1, 0.15) is 5.69 Å². The number of benzene rings is 1. The fourth-order valence-corrected chi connectivity index (χ4v) is 2.31. The van der Waals surface area contributed by atoms with Gasteiger partial charge in [0.2, 0.25) is 0 Å². The van der Waals surface area contributed by atoms with Crippen LogP contribution < -0.4 is 0 Å². The number of fused-ring (bicyclic) bond motifs is 1. The van der Waals surface area contributed by atoms with E-state index in [0.717, 1.165) is 14.9 Å². The largest absolute Gasteiger partial charge is 0.368 e. The van der Waals surface area contributed by atoms with Crippen LogP contribution in [0.5, 0.6) is 0 Å². The zero-order valence-electron chi connectivity index (χ0n) is 10.9. The SMILES string of the molecule is [2H]C1(O)c2ncccc2C(=O)N1Cc1ccc(Br)cc1. The molecule has 1 aromatic heterocycles. The first-order valence-electron chi connectivity index (χ1n) is 6.24. The van der Waals surface area contributed by atoms with E-state index in [-0.39, 0.29) is 23.7 Å². The van der Waals surface area contributed by atoms with Gasteiger partial charge in [-0.15, -0.1) is 0 Å². The Morgan fingerprint density at radius 3 is 2.79 bits per heavy atom. The third-order valence-corrected chi connectivity index (χ3v) is 3.53. The summed E-state index contributed by atoms with van der Waals surface area (Å²) in [4.78, 5) is 17.3. The quantitative estimate of drug-likeness (QED) is 0.925. The van der Waals surface area contributed by atoms with Crippen molar-refractivity contribution in [2.45, 2.75) is 12.7 Å². The number of hydrogen-bond donors (Lipinski definition) is 1. The topological polar surface area (TPSA) is 53.4 Å². The molecule has 5 heteroatoms. The third kappa shape index (κ3) is 2.15. The predicted molar refractivity (Wildman–Crippen MR) is 73.2 cm³/mol. The molecule has 3 rings (SSSR count). The van der Waals surface area contributed by atoms with Crippen LogP contribution in [-0.4, -0.2) is 20.9 Å². The number of hydrogen-bond acceptors (Lipinski definition) is 3. The Balaban J connectivity index is 1.96. The van der Waals surface area contributed by atoms with Crippen molar-refractivity contribution in [1.82, 2.24) is 9.88 Å². The summed E-state index contributed by atoms with van der Waals surface area (Å²) < 4.78 is 8.97. The van der Waals surface area contributed by atoms with E-state index in [9.17, 15) is 9.90 Å². The van der Waals surface area contributed by atoms with Crippen molar-refractivity contribution in [3.05, 3.63) is 63.9 Å². The molecule has 1 N–H and O–H groups in total. The van der Waals surface area contributed by atoms with E-state index in [1.54, 1.807) is 12.1 Å². The monoisotopic (exact) mass is 319 g/mol. The molecule has 1 aliphatic rings. The molecule has 1 amide bonds. The third-order valence-electron chi connectivity index (χ3n) is 3.00. The van der Waals surface area contributed by atoms with Crippen molar-refractivity contribution >= 4 is 21.8 Å². The standard InChI is InChI=1S/C14H11BrN2O2/c15-10-5-3-9(4-6-10)8-17-13(18)11-2-1-7-16-12(11)14(17)19/h1-7,14,19H,8H2/i14D. The summed E-state index contributed by atoms with van der Waals surface area (Å²) in [6.07, 6.45) is -0.657. The van der Waals surface area contributed by atoms with Crippen LogP contribution in [-0.2, 0) is 6.54 Å². The maximum absolute atomic E-state index is 12.3. The van der Waals surface area contributed by atoms with Crippen LogP contribution in [0.15, 0.2) is 47.1 Å². The molecule has 19 heavy (non-hydrogen) atoms. The van der Waals surface area contributed by atoms with Crippen LogP contribution in [0, 0.1) is 0 Å². The lowest BCUT2D eigenvalue weighted by Crippen LogP contribution is -2.27. The van der Waals surface area contributed by atoms with Crippen LogP contribution in [0.3, 0.4) is 0 Å². The molecule has 1 unspecified atom stereocenters. The Labute approximate surface area is 120 Å². The first kappa shape index (κ1) is 11.1. The van der Waals surface area contributed by atoms with Crippen molar-refractivity contribution < 1.29 is 11.3 Å². The van der Waals surface area contributed by atoms with E-state index < -0.39 is 6.20 Å². The van der Waals surface area contributed by atoms with Crippen molar-refractivity contribution in [2.24, 2.45) is 0 Å². The first-order chi connectivity index (χ1) is 9.50. The van der Waals surface area contributed by atoms with Gasteiger partial charge in [0.25, 0.3) is 5.91 Å². The second-order valence-electron chi connectivity index (χ2n) is 4.24. The molecule has 96 valence electrons. The summed E-state index contributed by atoms with van der Waals surface area (Å²) in [6.45, 7) is 0.155. The molecule has 1 aromatic carbocycles. The van der Waals surface area contributed by atoms with Gasteiger partial charge >= 0.3 is 0 Å². The highest BCUT2D eigenvalue weighted by molar-refractivity contribution is 9.10. The highest BCUT2D eigenvalue weighted by Gasteiger charge is 2.36. The van der Waals surface area contributed by atoms with Gasteiger partial charge in [0.15, 0.2) is 6.20 Å². The minimum atomic E-state index is -2.12. The summed E-state index contributed by atoms with van der Waals surface area (Å²) in [5.41, 5.74) is 1.20. The lowest BCUT2D eigenvalue weighted by molar-refractivity contribution is 0.0120. The molecule has 0 saturated carbocycles. The zero-order chi connectivity index (χ0) is 14.3. The average molecular weight is 320 g/mol. The summed E-state index contributed by atoms with van der Waals surface area (Å²) in [7, 11) is 0. The van der Waals surface area contributed by atoms with Gasteiger partial charge in [0.05, 0.1) is 6.93 Å². The summed E-state index contributed by atoms with van der Waals surface area (Å²) in [5, 5.41) is 10.3. The molecule has 2 heterocycles. The average Bonchev–Trinajstić information content (AvgIpc) is 2.63. The minimum absolute atomic E-state index is 0.0853. The number of aliphatic hydroxyl groups is 1. The number of nitrogens with zero attached hydrogens (tertiary/aromatic N) is 2. The molecule has 1 aliphatic heterocycles. The Morgan fingerprint density at radius 2 is 2.11 bits per heavy atom. The number of carbonyl (C=O) groups excluding carboxylic acids is 1. The van der Waals surface area contributed by atoms with Gasteiger partial charge in [-0.25, -0.2) is 0 Å². The highest BCUT2D eigenvalue weighted by atomic mass is 79.9. The van der Waals surface area contributed by atoms with Gasteiger partial charge in [-0.3, -0.25) is 9.78 Å². The number of carbonyl (C=O) groups is 1. The Morgan fingerprint density at radius 1 is 1.37 bits per heavy atom. The number of amides is 1. The molecule has 0 spiro atoms. The van der Waals surface area contributed by atoms with Gasteiger partial charge < -0.3 is 10.0 Å². The molecule has 2 aromatic rings. The summed E-state index contributed by atoms with van der Waals surface area (Å²) in [5.74, 6) is -0.381. The fraction of sp³-hybridized carbons (Fsp3) is 0.143. The van der Waals surface area contributed by atoms with Gasteiger partial charge in [-0.05, 0) is 29.8 Å². The Bertz CT molecular complexity index is 673. The molecule has 4 nitrogen and oxygen atoms in total. The second-order valence-corrected chi connectivity index (χ2v) is 5.16. The molecule has 0 fully saturated rings. The molecule has 0 aliphatic carbocycles.